The van der Waals surface area contributed by atoms with Crippen molar-refractivity contribution in [3.8, 4) is 5.75 Å². The number of ether oxygens (including phenoxy) is 1. The Balaban J connectivity index is 2.86. The fourth-order valence-electron chi connectivity index (χ4n) is 1.80. The molecule has 1 unspecified atom stereocenters. The van der Waals surface area contributed by atoms with Crippen LogP contribution in [0.5, 0.6) is 5.75 Å². The van der Waals surface area contributed by atoms with Gasteiger partial charge < -0.3 is 10.5 Å². The zero-order valence-electron chi connectivity index (χ0n) is 10.9. The van der Waals surface area contributed by atoms with E-state index in [1.807, 2.05) is 6.92 Å². The van der Waals surface area contributed by atoms with Crippen LogP contribution >= 0.6 is 0 Å². The summed E-state index contributed by atoms with van der Waals surface area (Å²) in [6.07, 6.45) is 0.960. The minimum Gasteiger partial charge on any atom is -0.491 e. The van der Waals surface area contributed by atoms with Crippen LogP contribution in [0.25, 0.3) is 0 Å². The first-order chi connectivity index (χ1) is 8.20. The molecule has 1 aromatic rings. The molecular weight excluding hydrogens is 252 g/mol. The zero-order valence-corrected chi connectivity index (χ0v) is 11.7. The van der Waals surface area contributed by atoms with Gasteiger partial charge in [-0.15, -0.1) is 0 Å². The SMILES string of the molecule is CC(C)CC(C)Oc1ccc(S(N)(=O)=O)c(N)c1. The predicted molar refractivity (Wildman–Crippen MR) is 71.8 cm³/mol. The molecule has 1 atom stereocenters. The number of hydrogen-bond acceptors (Lipinski definition) is 4. The molecule has 102 valence electrons. The highest BCUT2D eigenvalue weighted by Gasteiger charge is 2.14. The van der Waals surface area contributed by atoms with Gasteiger partial charge in [0.1, 0.15) is 10.6 Å². The van der Waals surface area contributed by atoms with Crippen molar-refractivity contribution in [2.24, 2.45) is 11.1 Å². The van der Waals surface area contributed by atoms with Gasteiger partial charge in [-0.1, -0.05) is 13.8 Å². The number of nitrogens with two attached hydrogens (primary N) is 2. The molecule has 0 heterocycles. The summed E-state index contributed by atoms with van der Waals surface area (Å²) in [6, 6.07) is 4.41. The van der Waals surface area contributed by atoms with Crippen LogP contribution in [0.1, 0.15) is 27.2 Å². The van der Waals surface area contributed by atoms with Gasteiger partial charge in [0.2, 0.25) is 10.0 Å². The van der Waals surface area contributed by atoms with Crippen molar-refractivity contribution in [2.75, 3.05) is 5.73 Å². The minimum absolute atomic E-state index is 0.0460. The summed E-state index contributed by atoms with van der Waals surface area (Å²) < 4.78 is 28.0. The van der Waals surface area contributed by atoms with Gasteiger partial charge in [0.15, 0.2) is 0 Å². The average Bonchev–Trinajstić information content (AvgIpc) is 2.13. The molecular formula is C12H20N2O3S. The van der Waals surface area contributed by atoms with Crippen LogP contribution in [0, 0.1) is 5.92 Å². The van der Waals surface area contributed by atoms with Gasteiger partial charge in [0, 0.05) is 6.07 Å². The third kappa shape index (κ3) is 4.19. The van der Waals surface area contributed by atoms with Gasteiger partial charge in [-0.05, 0) is 31.4 Å². The third-order valence-corrected chi connectivity index (χ3v) is 3.41. The zero-order chi connectivity index (χ0) is 13.9. The van der Waals surface area contributed by atoms with E-state index in [9.17, 15) is 8.42 Å². The Morgan fingerprint density at radius 2 is 1.89 bits per heavy atom. The summed E-state index contributed by atoms with van der Waals surface area (Å²) in [6.45, 7) is 6.18. The quantitative estimate of drug-likeness (QED) is 0.798. The number of nitrogen functional groups attached to an aromatic ring is 1. The largest absolute Gasteiger partial charge is 0.491 e. The average molecular weight is 272 g/mol. The summed E-state index contributed by atoms with van der Waals surface area (Å²) in [5, 5.41) is 5.03. The van der Waals surface area contributed by atoms with Gasteiger partial charge in [-0.25, -0.2) is 13.6 Å². The molecule has 4 N–H and O–H groups in total. The number of benzene rings is 1. The normalized spacial score (nSPS) is 13.6. The maximum absolute atomic E-state index is 11.2. The minimum atomic E-state index is -3.78. The van der Waals surface area contributed by atoms with Crippen molar-refractivity contribution >= 4 is 15.7 Å². The highest BCUT2D eigenvalue weighted by Crippen LogP contribution is 2.24. The van der Waals surface area contributed by atoms with Crippen molar-refractivity contribution in [1.82, 2.24) is 0 Å². The first-order valence-electron chi connectivity index (χ1n) is 5.79. The molecule has 1 rings (SSSR count). The van der Waals surface area contributed by atoms with Crippen LogP contribution in [-0.4, -0.2) is 14.5 Å². The molecule has 0 amide bonds. The van der Waals surface area contributed by atoms with Gasteiger partial charge in [-0.2, -0.15) is 0 Å². The Morgan fingerprint density at radius 1 is 1.28 bits per heavy atom. The molecule has 18 heavy (non-hydrogen) atoms. The lowest BCUT2D eigenvalue weighted by Crippen LogP contribution is -2.16. The fourth-order valence-corrected chi connectivity index (χ4v) is 2.45. The maximum Gasteiger partial charge on any atom is 0.240 e. The lowest BCUT2D eigenvalue weighted by atomic mass is 10.1. The van der Waals surface area contributed by atoms with Crippen LogP contribution in [0.2, 0.25) is 0 Å². The molecule has 5 nitrogen and oxygen atoms in total. The van der Waals surface area contributed by atoms with Gasteiger partial charge in [-0.3, -0.25) is 0 Å². The van der Waals surface area contributed by atoms with Crippen molar-refractivity contribution in [1.29, 1.82) is 0 Å². The van der Waals surface area contributed by atoms with Crippen molar-refractivity contribution < 1.29 is 13.2 Å². The molecule has 0 aliphatic carbocycles. The standard InChI is InChI=1S/C12H20N2O3S/c1-8(2)6-9(3)17-10-4-5-12(11(13)7-10)18(14,15)16/h4-5,7-9H,6,13H2,1-3H3,(H2,14,15,16). The van der Waals surface area contributed by atoms with Crippen LogP contribution in [0.3, 0.4) is 0 Å². The number of rotatable bonds is 5. The van der Waals surface area contributed by atoms with E-state index in [4.69, 9.17) is 15.6 Å². The second kappa shape index (κ2) is 5.58. The van der Waals surface area contributed by atoms with E-state index < -0.39 is 10.0 Å². The van der Waals surface area contributed by atoms with E-state index in [1.165, 1.54) is 12.1 Å². The first-order valence-corrected chi connectivity index (χ1v) is 7.33. The number of primary sulfonamides is 1. The molecule has 6 heteroatoms. The first kappa shape index (κ1) is 14.8. The van der Waals surface area contributed by atoms with Gasteiger partial charge >= 0.3 is 0 Å². The predicted octanol–water partition coefficient (Wildman–Crippen LogP) is 1.73. The van der Waals surface area contributed by atoms with E-state index in [-0.39, 0.29) is 16.7 Å². The summed E-state index contributed by atoms with van der Waals surface area (Å²) in [5.74, 6) is 1.08. The lowest BCUT2D eigenvalue weighted by Gasteiger charge is -2.17. The highest BCUT2D eigenvalue weighted by atomic mass is 32.2. The summed E-state index contributed by atoms with van der Waals surface area (Å²) in [5.41, 5.74) is 5.75. The Bertz CT molecular complexity index is 512. The monoisotopic (exact) mass is 272 g/mol. The fraction of sp³-hybridized carbons (Fsp3) is 0.500. The van der Waals surface area contributed by atoms with Crippen molar-refractivity contribution in [3.05, 3.63) is 18.2 Å². The number of sulfonamides is 1. The Hall–Kier alpha value is -1.27. The Kier molecular flexibility index (Phi) is 4.59. The van der Waals surface area contributed by atoms with E-state index >= 15 is 0 Å². The van der Waals surface area contributed by atoms with Crippen molar-refractivity contribution in [3.63, 3.8) is 0 Å². The second-order valence-electron chi connectivity index (χ2n) is 4.80. The molecule has 0 radical (unpaired) electrons. The molecule has 0 saturated carbocycles. The third-order valence-electron chi connectivity index (χ3n) is 2.43. The van der Waals surface area contributed by atoms with E-state index in [2.05, 4.69) is 13.8 Å². The van der Waals surface area contributed by atoms with Crippen LogP contribution < -0.4 is 15.6 Å². The van der Waals surface area contributed by atoms with Crippen molar-refractivity contribution in [2.45, 2.75) is 38.2 Å². The number of anilines is 1. The molecule has 0 fully saturated rings. The summed E-state index contributed by atoms with van der Waals surface area (Å²) >= 11 is 0. The smallest absolute Gasteiger partial charge is 0.240 e. The van der Waals surface area contributed by atoms with E-state index in [0.29, 0.717) is 11.7 Å². The second-order valence-corrected chi connectivity index (χ2v) is 6.33. The van der Waals surface area contributed by atoms with Crippen LogP contribution in [0.4, 0.5) is 5.69 Å². The highest BCUT2D eigenvalue weighted by molar-refractivity contribution is 7.89. The van der Waals surface area contributed by atoms with E-state index in [1.54, 1.807) is 6.07 Å². The Labute approximate surface area is 108 Å². The Morgan fingerprint density at radius 3 is 2.33 bits per heavy atom. The molecule has 0 bridgehead atoms. The molecule has 0 spiro atoms. The maximum atomic E-state index is 11.2. The van der Waals surface area contributed by atoms with E-state index in [0.717, 1.165) is 6.42 Å². The molecule has 1 aromatic carbocycles. The lowest BCUT2D eigenvalue weighted by molar-refractivity contribution is 0.193. The summed E-state index contributed by atoms with van der Waals surface area (Å²) in [4.78, 5) is -0.0774. The van der Waals surface area contributed by atoms with Crippen LogP contribution in [-0.2, 0) is 10.0 Å². The van der Waals surface area contributed by atoms with Gasteiger partial charge in [0.05, 0.1) is 11.8 Å². The molecule has 0 aromatic heterocycles. The molecule has 0 saturated heterocycles. The van der Waals surface area contributed by atoms with Gasteiger partial charge in [0.25, 0.3) is 0 Å². The molecule has 0 aliphatic rings. The molecule has 0 aliphatic heterocycles. The summed E-state index contributed by atoms with van der Waals surface area (Å²) in [7, 11) is -3.78. The topological polar surface area (TPSA) is 95.4 Å². The van der Waals surface area contributed by atoms with Crippen LogP contribution in [0.15, 0.2) is 23.1 Å². The number of hydrogen-bond donors (Lipinski definition) is 2.